The zero-order valence-electron chi connectivity index (χ0n) is 12.4. The van der Waals surface area contributed by atoms with Crippen LogP contribution in [-0.2, 0) is 0 Å². The molecule has 2 atom stereocenters. The number of ketones is 1. The average molecular weight is 335 g/mol. The number of rotatable bonds is 3. The number of methoxy groups -OCH3 is 1. The molecule has 0 amide bonds. The van der Waals surface area contributed by atoms with Gasteiger partial charge in [0, 0.05) is 17.4 Å². The lowest BCUT2D eigenvalue weighted by Crippen LogP contribution is -2.13. The molecular weight excluding hydrogens is 319 g/mol. The van der Waals surface area contributed by atoms with E-state index in [-0.39, 0.29) is 17.6 Å². The Morgan fingerprint density at radius 2 is 1.82 bits per heavy atom. The van der Waals surface area contributed by atoms with Crippen LogP contribution in [0.1, 0.15) is 40.7 Å². The van der Waals surface area contributed by atoms with Crippen molar-refractivity contribution in [2.24, 2.45) is 5.92 Å². The number of halogens is 2. The zero-order chi connectivity index (χ0) is 15.9. The fourth-order valence-corrected chi connectivity index (χ4v) is 3.83. The molecule has 0 radical (unpaired) electrons. The Morgan fingerprint density at radius 3 is 2.41 bits per heavy atom. The highest BCUT2D eigenvalue weighted by atomic mass is 35.5. The van der Waals surface area contributed by atoms with Crippen molar-refractivity contribution in [3.05, 3.63) is 63.1 Å². The number of ether oxygens (including phenoxy) is 1. The third-order valence-electron chi connectivity index (χ3n) is 4.34. The van der Waals surface area contributed by atoms with Gasteiger partial charge < -0.3 is 4.74 Å². The number of benzene rings is 2. The largest absolute Gasteiger partial charge is 0.495 e. The summed E-state index contributed by atoms with van der Waals surface area (Å²) >= 11 is 12.6. The number of hydrogen-bond donors (Lipinski definition) is 0. The molecule has 0 fully saturated rings. The molecule has 0 saturated carbocycles. The molecule has 0 aromatic heterocycles. The Kier molecular flexibility index (Phi) is 4.16. The predicted molar refractivity (Wildman–Crippen MR) is 89.4 cm³/mol. The van der Waals surface area contributed by atoms with Crippen LogP contribution >= 0.6 is 23.2 Å². The summed E-state index contributed by atoms with van der Waals surface area (Å²) in [6, 6.07) is 11.9. The maximum absolute atomic E-state index is 12.8. The molecule has 0 unspecified atom stereocenters. The zero-order valence-corrected chi connectivity index (χ0v) is 13.9. The van der Waals surface area contributed by atoms with Gasteiger partial charge in [-0.25, -0.2) is 0 Å². The van der Waals surface area contributed by atoms with E-state index in [1.165, 1.54) is 0 Å². The van der Waals surface area contributed by atoms with E-state index >= 15 is 0 Å². The highest BCUT2D eigenvalue weighted by molar-refractivity contribution is 6.45. The van der Waals surface area contributed by atoms with E-state index in [1.807, 2.05) is 43.3 Å². The van der Waals surface area contributed by atoms with Crippen LogP contribution in [0.15, 0.2) is 36.4 Å². The standard InChI is InChI=1S/C18H16Cl2O2/c1-3-11-14(10-7-5-4-6-8-10)12-9-13(22-2)16(19)17(20)15(12)18(11)21/h4-9,11,14H,3H2,1-2H3/t11-,14+/m0/s1. The summed E-state index contributed by atoms with van der Waals surface area (Å²) in [6.07, 6.45) is 0.753. The average Bonchev–Trinajstić information content (AvgIpc) is 2.83. The Bertz CT molecular complexity index is 726. The van der Waals surface area contributed by atoms with Crippen molar-refractivity contribution in [3.63, 3.8) is 0 Å². The van der Waals surface area contributed by atoms with E-state index in [0.717, 1.165) is 17.5 Å². The number of hydrogen-bond acceptors (Lipinski definition) is 2. The third kappa shape index (κ3) is 2.22. The van der Waals surface area contributed by atoms with Crippen molar-refractivity contribution < 1.29 is 9.53 Å². The van der Waals surface area contributed by atoms with Gasteiger partial charge in [0.15, 0.2) is 5.78 Å². The number of carbonyl (C=O) groups excluding carboxylic acids is 1. The van der Waals surface area contributed by atoms with E-state index in [9.17, 15) is 4.79 Å². The van der Waals surface area contributed by atoms with Gasteiger partial charge in [-0.1, -0.05) is 60.5 Å². The second kappa shape index (κ2) is 5.94. The minimum Gasteiger partial charge on any atom is -0.495 e. The molecule has 2 aromatic rings. The van der Waals surface area contributed by atoms with Crippen LogP contribution in [-0.4, -0.2) is 12.9 Å². The van der Waals surface area contributed by atoms with Crippen molar-refractivity contribution in [1.29, 1.82) is 0 Å². The van der Waals surface area contributed by atoms with Gasteiger partial charge >= 0.3 is 0 Å². The first-order chi connectivity index (χ1) is 10.6. The summed E-state index contributed by atoms with van der Waals surface area (Å²) in [7, 11) is 1.55. The normalized spacial score (nSPS) is 20.1. The lowest BCUT2D eigenvalue weighted by Gasteiger charge is -2.19. The third-order valence-corrected chi connectivity index (χ3v) is 5.19. The smallest absolute Gasteiger partial charge is 0.168 e. The summed E-state index contributed by atoms with van der Waals surface area (Å²) in [4.78, 5) is 12.8. The molecule has 22 heavy (non-hydrogen) atoms. The van der Waals surface area contributed by atoms with Crippen LogP contribution in [0.5, 0.6) is 5.75 Å². The quantitative estimate of drug-likeness (QED) is 0.755. The van der Waals surface area contributed by atoms with E-state index in [0.29, 0.717) is 21.4 Å². The van der Waals surface area contributed by atoms with Gasteiger partial charge in [-0.3, -0.25) is 4.79 Å². The molecule has 1 aliphatic carbocycles. The molecule has 0 saturated heterocycles. The molecule has 3 rings (SSSR count). The first-order valence-corrected chi connectivity index (χ1v) is 8.00. The van der Waals surface area contributed by atoms with Gasteiger partial charge in [0.25, 0.3) is 0 Å². The Labute approximate surface area is 140 Å². The van der Waals surface area contributed by atoms with Gasteiger partial charge in [-0.05, 0) is 23.6 Å². The van der Waals surface area contributed by atoms with E-state index in [4.69, 9.17) is 27.9 Å². The SMILES string of the molecule is CC[C@@H]1C(=O)c2c(cc(OC)c(Cl)c2Cl)[C@@H]1c1ccccc1. The minimum absolute atomic E-state index is 0.00244. The number of fused-ring (bicyclic) bond motifs is 1. The fraction of sp³-hybridized carbons (Fsp3) is 0.278. The van der Waals surface area contributed by atoms with Crippen LogP contribution in [0.25, 0.3) is 0 Å². The Balaban J connectivity index is 2.26. The second-order valence-corrected chi connectivity index (χ2v) is 6.19. The summed E-state index contributed by atoms with van der Waals surface area (Å²) < 4.78 is 5.31. The Hall–Kier alpha value is -1.51. The summed E-state index contributed by atoms with van der Waals surface area (Å²) in [6.45, 7) is 2.02. The maximum atomic E-state index is 12.8. The molecule has 0 heterocycles. The number of carbonyl (C=O) groups is 1. The van der Waals surface area contributed by atoms with Crippen LogP contribution in [0, 0.1) is 5.92 Å². The molecule has 2 nitrogen and oxygen atoms in total. The highest BCUT2D eigenvalue weighted by Gasteiger charge is 2.42. The Morgan fingerprint density at radius 1 is 1.14 bits per heavy atom. The highest BCUT2D eigenvalue weighted by Crippen LogP contribution is 2.50. The van der Waals surface area contributed by atoms with E-state index in [1.54, 1.807) is 7.11 Å². The monoisotopic (exact) mass is 334 g/mol. The van der Waals surface area contributed by atoms with Crippen molar-refractivity contribution in [1.82, 2.24) is 0 Å². The summed E-state index contributed by atoms with van der Waals surface area (Å²) in [5.41, 5.74) is 2.57. The molecule has 0 spiro atoms. The first-order valence-electron chi connectivity index (χ1n) is 7.25. The molecule has 1 aliphatic rings. The van der Waals surface area contributed by atoms with Crippen LogP contribution in [0.3, 0.4) is 0 Å². The van der Waals surface area contributed by atoms with Crippen molar-refractivity contribution in [2.75, 3.05) is 7.11 Å². The molecule has 4 heteroatoms. The van der Waals surface area contributed by atoms with E-state index in [2.05, 4.69) is 0 Å². The van der Waals surface area contributed by atoms with Crippen molar-refractivity contribution in [3.8, 4) is 5.75 Å². The van der Waals surface area contributed by atoms with Gasteiger partial charge in [0.1, 0.15) is 10.8 Å². The topological polar surface area (TPSA) is 26.3 Å². The molecule has 0 N–H and O–H groups in total. The van der Waals surface area contributed by atoms with Crippen LogP contribution < -0.4 is 4.74 Å². The lowest BCUT2D eigenvalue weighted by molar-refractivity contribution is 0.0926. The van der Waals surface area contributed by atoms with Gasteiger partial charge in [0.2, 0.25) is 0 Å². The van der Waals surface area contributed by atoms with Gasteiger partial charge in [-0.15, -0.1) is 0 Å². The predicted octanol–water partition coefficient (Wildman–Crippen LogP) is 5.36. The van der Waals surface area contributed by atoms with Gasteiger partial charge in [0.05, 0.1) is 12.1 Å². The van der Waals surface area contributed by atoms with Gasteiger partial charge in [-0.2, -0.15) is 0 Å². The van der Waals surface area contributed by atoms with E-state index < -0.39 is 0 Å². The first kappa shape index (κ1) is 15.4. The second-order valence-electron chi connectivity index (χ2n) is 5.44. The minimum atomic E-state index is -0.113. The van der Waals surface area contributed by atoms with Crippen molar-refractivity contribution >= 4 is 29.0 Å². The molecular formula is C18H16Cl2O2. The van der Waals surface area contributed by atoms with Crippen LogP contribution in [0.2, 0.25) is 10.0 Å². The molecule has 2 aromatic carbocycles. The maximum Gasteiger partial charge on any atom is 0.168 e. The fourth-order valence-electron chi connectivity index (χ4n) is 3.31. The summed E-state index contributed by atoms with van der Waals surface area (Å²) in [5, 5.41) is 0.609. The molecule has 0 aliphatic heterocycles. The van der Waals surface area contributed by atoms with Crippen LogP contribution in [0.4, 0.5) is 0 Å². The lowest BCUT2D eigenvalue weighted by atomic mass is 9.84. The molecule has 0 bridgehead atoms. The summed E-state index contributed by atoms with van der Waals surface area (Å²) in [5.74, 6) is 0.465. The van der Waals surface area contributed by atoms with Crippen molar-refractivity contribution in [2.45, 2.75) is 19.3 Å². The number of Topliss-reactive ketones (excluding diaryl/α,β-unsaturated/α-hetero) is 1. The molecule has 114 valence electrons.